The van der Waals surface area contributed by atoms with Gasteiger partial charge in [-0.15, -0.1) is 0 Å². The highest BCUT2D eigenvalue weighted by atomic mass is 16.5. The number of methoxy groups -OCH3 is 1. The van der Waals surface area contributed by atoms with E-state index in [-0.39, 0.29) is 12.1 Å². The number of aryl methyl sites for hydroxylation is 1. The molecule has 0 saturated heterocycles. The van der Waals surface area contributed by atoms with Crippen LogP contribution in [0, 0.1) is 12.8 Å². The van der Waals surface area contributed by atoms with Crippen LogP contribution in [0.1, 0.15) is 37.7 Å². The van der Waals surface area contributed by atoms with Gasteiger partial charge < -0.3 is 9.47 Å². The molecule has 1 saturated carbocycles. The molecule has 0 radical (unpaired) electrons. The minimum atomic E-state index is -0.0945. The van der Waals surface area contributed by atoms with Gasteiger partial charge in [0.15, 0.2) is 0 Å². The lowest BCUT2D eigenvalue weighted by Gasteiger charge is -2.28. The molecule has 0 bridgehead atoms. The molecule has 1 aromatic rings. The van der Waals surface area contributed by atoms with Crippen LogP contribution in [0.2, 0.25) is 0 Å². The third-order valence-electron chi connectivity index (χ3n) is 3.80. The van der Waals surface area contributed by atoms with Crippen molar-refractivity contribution in [3.05, 3.63) is 29.8 Å². The monoisotopic (exact) mass is 262 g/mol. The summed E-state index contributed by atoms with van der Waals surface area (Å²) in [5, 5.41) is 0. The topological polar surface area (TPSA) is 35.5 Å². The molecule has 0 amide bonds. The predicted molar refractivity (Wildman–Crippen MR) is 74.2 cm³/mol. The van der Waals surface area contributed by atoms with Gasteiger partial charge in [-0.2, -0.15) is 0 Å². The van der Waals surface area contributed by atoms with E-state index in [4.69, 9.17) is 9.47 Å². The fraction of sp³-hybridized carbons (Fsp3) is 0.562. The van der Waals surface area contributed by atoms with Gasteiger partial charge in [-0.3, -0.25) is 4.79 Å². The van der Waals surface area contributed by atoms with Crippen molar-refractivity contribution in [2.24, 2.45) is 5.92 Å². The Morgan fingerprint density at radius 3 is 2.37 bits per heavy atom. The molecule has 3 heteroatoms. The Labute approximate surface area is 114 Å². The van der Waals surface area contributed by atoms with Crippen molar-refractivity contribution in [3.8, 4) is 5.75 Å². The Kier molecular flexibility index (Phi) is 4.83. The van der Waals surface area contributed by atoms with E-state index in [9.17, 15) is 4.79 Å². The lowest BCUT2D eigenvalue weighted by molar-refractivity contribution is -0.142. The normalized spacial score (nSPS) is 22.8. The largest absolute Gasteiger partial charge is 0.490 e. The first-order valence-electron chi connectivity index (χ1n) is 6.97. The van der Waals surface area contributed by atoms with Crippen molar-refractivity contribution in [2.45, 2.75) is 45.1 Å². The molecule has 0 N–H and O–H groups in total. The van der Waals surface area contributed by atoms with Crippen molar-refractivity contribution < 1.29 is 14.3 Å². The maximum absolute atomic E-state index is 11.2. The standard InChI is InChI=1S/C16H22O3/c1-12-3-7-14(8-4-12)19-15-9-5-13(6-10-15)11-16(17)18-2/h3-4,7-8,13,15H,5-6,9-11H2,1-2H3. The van der Waals surface area contributed by atoms with Crippen molar-refractivity contribution in [1.29, 1.82) is 0 Å². The molecular weight excluding hydrogens is 240 g/mol. The summed E-state index contributed by atoms with van der Waals surface area (Å²) in [6.45, 7) is 2.07. The first kappa shape index (κ1) is 13.9. The number of carbonyl (C=O) groups is 1. The van der Waals surface area contributed by atoms with E-state index < -0.39 is 0 Å². The second kappa shape index (κ2) is 6.60. The molecule has 0 aliphatic heterocycles. The van der Waals surface area contributed by atoms with E-state index in [0.29, 0.717) is 12.3 Å². The molecule has 1 aromatic carbocycles. The fourth-order valence-electron chi connectivity index (χ4n) is 2.58. The van der Waals surface area contributed by atoms with Gasteiger partial charge in [0.25, 0.3) is 0 Å². The van der Waals surface area contributed by atoms with Crippen LogP contribution in [0.3, 0.4) is 0 Å². The second-order valence-electron chi connectivity index (χ2n) is 5.35. The number of hydrogen-bond donors (Lipinski definition) is 0. The minimum absolute atomic E-state index is 0.0945. The van der Waals surface area contributed by atoms with Crippen LogP contribution < -0.4 is 4.74 Å². The van der Waals surface area contributed by atoms with Crippen molar-refractivity contribution >= 4 is 5.97 Å². The molecule has 1 fully saturated rings. The van der Waals surface area contributed by atoms with Crippen molar-refractivity contribution in [2.75, 3.05) is 7.11 Å². The Balaban J connectivity index is 1.77. The molecule has 0 atom stereocenters. The summed E-state index contributed by atoms with van der Waals surface area (Å²) in [6, 6.07) is 8.18. The summed E-state index contributed by atoms with van der Waals surface area (Å²) in [5.41, 5.74) is 1.24. The maximum atomic E-state index is 11.2. The maximum Gasteiger partial charge on any atom is 0.305 e. The summed E-state index contributed by atoms with van der Waals surface area (Å²) in [5.74, 6) is 1.32. The summed E-state index contributed by atoms with van der Waals surface area (Å²) in [6.07, 6.45) is 4.98. The SMILES string of the molecule is COC(=O)CC1CCC(Oc2ccc(C)cc2)CC1. The Morgan fingerprint density at radius 2 is 1.79 bits per heavy atom. The molecular formula is C16H22O3. The van der Waals surface area contributed by atoms with E-state index in [1.807, 2.05) is 12.1 Å². The number of carbonyl (C=O) groups excluding carboxylic acids is 1. The summed E-state index contributed by atoms with van der Waals surface area (Å²) >= 11 is 0. The Hall–Kier alpha value is -1.51. The number of benzene rings is 1. The van der Waals surface area contributed by atoms with E-state index in [1.54, 1.807) is 0 Å². The average Bonchev–Trinajstić information content (AvgIpc) is 2.43. The molecule has 0 aromatic heterocycles. The van der Waals surface area contributed by atoms with Crippen LogP contribution >= 0.6 is 0 Å². The van der Waals surface area contributed by atoms with Gasteiger partial charge in [0, 0.05) is 6.42 Å². The fourth-order valence-corrected chi connectivity index (χ4v) is 2.58. The third-order valence-corrected chi connectivity index (χ3v) is 3.80. The quantitative estimate of drug-likeness (QED) is 0.779. The second-order valence-corrected chi connectivity index (χ2v) is 5.35. The van der Waals surface area contributed by atoms with E-state index in [2.05, 4.69) is 19.1 Å². The van der Waals surface area contributed by atoms with E-state index in [0.717, 1.165) is 31.4 Å². The molecule has 1 aliphatic rings. The zero-order chi connectivity index (χ0) is 13.7. The van der Waals surface area contributed by atoms with Gasteiger partial charge >= 0.3 is 5.97 Å². The highest BCUT2D eigenvalue weighted by Crippen LogP contribution is 2.29. The first-order chi connectivity index (χ1) is 9.17. The number of rotatable bonds is 4. The Morgan fingerprint density at radius 1 is 1.16 bits per heavy atom. The first-order valence-corrected chi connectivity index (χ1v) is 6.97. The average molecular weight is 262 g/mol. The number of ether oxygens (including phenoxy) is 2. The summed E-state index contributed by atoms with van der Waals surface area (Å²) in [4.78, 5) is 11.2. The van der Waals surface area contributed by atoms with E-state index >= 15 is 0 Å². The molecule has 3 nitrogen and oxygen atoms in total. The molecule has 104 valence electrons. The smallest absolute Gasteiger partial charge is 0.305 e. The molecule has 2 rings (SSSR count). The summed E-state index contributed by atoms with van der Waals surface area (Å²) in [7, 11) is 1.45. The zero-order valence-corrected chi connectivity index (χ0v) is 11.7. The van der Waals surface area contributed by atoms with Crippen LogP contribution in [0.15, 0.2) is 24.3 Å². The lowest BCUT2D eigenvalue weighted by Crippen LogP contribution is -2.25. The van der Waals surface area contributed by atoms with Crippen LogP contribution in [0.25, 0.3) is 0 Å². The molecule has 0 unspecified atom stereocenters. The number of hydrogen-bond acceptors (Lipinski definition) is 3. The van der Waals surface area contributed by atoms with E-state index in [1.165, 1.54) is 12.7 Å². The van der Waals surface area contributed by atoms with Crippen LogP contribution in [-0.4, -0.2) is 19.2 Å². The highest BCUT2D eigenvalue weighted by Gasteiger charge is 2.24. The molecule has 1 aliphatic carbocycles. The third kappa shape index (κ3) is 4.27. The van der Waals surface area contributed by atoms with Gasteiger partial charge in [0.05, 0.1) is 13.2 Å². The number of esters is 1. The van der Waals surface area contributed by atoms with Gasteiger partial charge in [0.1, 0.15) is 5.75 Å². The molecule has 0 heterocycles. The van der Waals surface area contributed by atoms with Gasteiger partial charge in [-0.1, -0.05) is 17.7 Å². The predicted octanol–water partition coefficient (Wildman–Crippen LogP) is 3.50. The molecule has 19 heavy (non-hydrogen) atoms. The highest BCUT2D eigenvalue weighted by molar-refractivity contribution is 5.69. The van der Waals surface area contributed by atoms with Crippen LogP contribution in [0.5, 0.6) is 5.75 Å². The summed E-state index contributed by atoms with van der Waals surface area (Å²) < 4.78 is 10.7. The van der Waals surface area contributed by atoms with Gasteiger partial charge in [0.2, 0.25) is 0 Å². The Bertz CT molecular complexity index is 403. The van der Waals surface area contributed by atoms with Crippen molar-refractivity contribution in [3.63, 3.8) is 0 Å². The lowest BCUT2D eigenvalue weighted by atomic mass is 9.85. The van der Waals surface area contributed by atoms with Crippen LogP contribution in [0.4, 0.5) is 0 Å². The van der Waals surface area contributed by atoms with Gasteiger partial charge in [-0.05, 0) is 50.7 Å². The van der Waals surface area contributed by atoms with Crippen molar-refractivity contribution in [1.82, 2.24) is 0 Å². The van der Waals surface area contributed by atoms with Crippen LogP contribution in [-0.2, 0) is 9.53 Å². The van der Waals surface area contributed by atoms with Gasteiger partial charge in [-0.25, -0.2) is 0 Å². The minimum Gasteiger partial charge on any atom is -0.490 e. The zero-order valence-electron chi connectivity index (χ0n) is 11.7. The molecule has 0 spiro atoms.